The second-order valence-corrected chi connectivity index (χ2v) is 8.88. The van der Waals surface area contributed by atoms with E-state index in [4.69, 9.17) is 0 Å². The van der Waals surface area contributed by atoms with Crippen LogP contribution in [0.5, 0.6) is 0 Å². The molecule has 8 nitrogen and oxygen atoms in total. The summed E-state index contributed by atoms with van der Waals surface area (Å²) in [5.41, 5.74) is 4.42. The molecule has 3 heterocycles. The van der Waals surface area contributed by atoms with E-state index < -0.39 is 5.41 Å². The summed E-state index contributed by atoms with van der Waals surface area (Å²) in [6, 6.07) is 7.42. The molecule has 2 amide bonds. The minimum absolute atomic E-state index is 0.0687. The van der Waals surface area contributed by atoms with E-state index in [1.807, 2.05) is 71.0 Å². The Bertz CT molecular complexity index is 1240. The number of nitrogens with zero attached hydrogens (tertiary/aromatic N) is 5. The lowest BCUT2D eigenvalue weighted by molar-refractivity contribution is -0.122. The largest absolute Gasteiger partial charge is 0.347 e. The molecule has 1 aliphatic heterocycles. The van der Waals surface area contributed by atoms with Crippen molar-refractivity contribution in [3.05, 3.63) is 59.5 Å². The predicted octanol–water partition coefficient (Wildman–Crippen LogP) is 3.81. The van der Waals surface area contributed by atoms with Gasteiger partial charge in [0.2, 0.25) is 11.9 Å². The van der Waals surface area contributed by atoms with Gasteiger partial charge in [0.25, 0.3) is 5.91 Å². The van der Waals surface area contributed by atoms with Gasteiger partial charge in [-0.3, -0.25) is 14.6 Å². The van der Waals surface area contributed by atoms with Crippen molar-refractivity contribution in [2.24, 2.45) is 0 Å². The van der Waals surface area contributed by atoms with E-state index in [2.05, 4.69) is 20.3 Å². The Kier molecular flexibility index (Phi) is 5.61. The number of likely N-dealkylation sites (N-methyl/N-ethyl adjacent to an activating group) is 1. The molecule has 4 rings (SSSR count). The molecule has 0 bridgehead atoms. The molecule has 0 spiro atoms. The lowest BCUT2D eigenvalue weighted by Gasteiger charge is -2.18. The van der Waals surface area contributed by atoms with Gasteiger partial charge in [-0.15, -0.1) is 0 Å². The third kappa shape index (κ3) is 3.82. The van der Waals surface area contributed by atoms with Gasteiger partial charge in [0.1, 0.15) is 0 Å². The maximum Gasteiger partial charge on any atom is 0.259 e. The van der Waals surface area contributed by atoms with E-state index in [1.54, 1.807) is 23.5 Å². The number of pyridine rings is 1. The predicted molar refractivity (Wildman–Crippen MR) is 130 cm³/mol. The third-order valence-corrected chi connectivity index (χ3v) is 5.97. The number of amides is 2. The number of nitrogens with one attached hydrogen (secondary N) is 1. The lowest BCUT2D eigenvalue weighted by atomic mass is 9.85. The molecule has 1 aromatic carbocycles. The highest BCUT2D eigenvalue weighted by atomic mass is 16.2. The number of carbonyl (C=O) groups excluding carboxylic acids is 2. The fraction of sp³-hybridized carbons (Fsp3) is 0.320. The number of carbonyl (C=O) groups is 2. The fourth-order valence-corrected chi connectivity index (χ4v) is 4.22. The smallest absolute Gasteiger partial charge is 0.259 e. The number of hydrogen-bond acceptors (Lipinski definition) is 6. The molecule has 3 aromatic rings. The molecule has 33 heavy (non-hydrogen) atoms. The molecule has 170 valence electrons. The topological polar surface area (TPSA) is 91.3 Å². The second-order valence-electron chi connectivity index (χ2n) is 8.88. The zero-order chi connectivity index (χ0) is 23.9. The number of hydrogen-bond donors (Lipinski definition) is 1. The standard InChI is InChI=1S/C25H28N6O2/c1-7-31-21-15(2)12-17(13-19(21)25(3,4)23(31)33)28-22(32)18-14-27-24(30(5)6)29-20(18)16-8-10-26-11-9-16/h8-14H,7H2,1-6H3,(H,28,32). The van der Waals surface area contributed by atoms with Gasteiger partial charge in [0, 0.05) is 50.5 Å². The third-order valence-electron chi connectivity index (χ3n) is 5.97. The SMILES string of the molecule is CCN1C(=O)C(C)(C)c2cc(NC(=O)c3cnc(N(C)C)nc3-c3ccncc3)cc(C)c21. The van der Waals surface area contributed by atoms with Crippen LogP contribution in [0.1, 0.15) is 42.3 Å². The molecule has 8 heteroatoms. The van der Waals surface area contributed by atoms with Crippen LogP contribution in [0.25, 0.3) is 11.3 Å². The van der Waals surface area contributed by atoms with E-state index >= 15 is 0 Å². The first-order valence-electron chi connectivity index (χ1n) is 10.9. The summed E-state index contributed by atoms with van der Waals surface area (Å²) in [5, 5.41) is 3.00. The quantitative estimate of drug-likeness (QED) is 0.644. The Labute approximate surface area is 193 Å². The number of anilines is 3. The van der Waals surface area contributed by atoms with Crippen LogP contribution >= 0.6 is 0 Å². The fourth-order valence-electron chi connectivity index (χ4n) is 4.22. The van der Waals surface area contributed by atoms with E-state index in [0.29, 0.717) is 29.4 Å². The Balaban J connectivity index is 1.74. The molecular formula is C25H28N6O2. The van der Waals surface area contributed by atoms with Gasteiger partial charge in [0.15, 0.2) is 0 Å². The highest BCUT2D eigenvalue weighted by Crippen LogP contribution is 2.44. The summed E-state index contributed by atoms with van der Waals surface area (Å²) in [6.07, 6.45) is 4.87. The molecule has 2 aromatic heterocycles. The van der Waals surface area contributed by atoms with E-state index in [0.717, 1.165) is 22.4 Å². The first-order chi connectivity index (χ1) is 15.6. The Morgan fingerprint density at radius 1 is 1.18 bits per heavy atom. The summed E-state index contributed by atoms with van der Waals surface area (Å²) < 4.78 is 0. The van der Waals surface area contributed by atoms with E-state index in [1.165, 1.54) is 0 Å². The van der Waals surface area contributed by atoms with Gasteiger partial charge >= 0.3 is 0 Å². The molecule has 0 saturated heterocycles. The van der Waals surface area contributed by atoms with Crippen molar-refractivity contribution >= 4 is 29.1 Å². The van der Waals surface area contributed by atoms with Crippen LogP contribution in [-0.4, -0.2) is 47.4 Å². The molecule has 0 radical (unpaired) electrons. The van der Waals surface area contributed by atoms with Crippen molar-refractivity contribution in [2.75, 3.05) is 35.8 Å². The first-order valence-corrected chi connectivity index (χ1v) is 10.9. The molecule has 0 unspecified atom stereocenters. The van der Waals surface area contributed by atoms with Gasteiger partial charge in [-0.1, -0.05) is 0 Å². The van der Waals surface area contributed by atoms with Crippen LogP contribution in [0.15, 0.2) is 42.9 Å². The van der Waals surface area contributed by atoms with Crippen LogP contribution in [0, 0.1) is 6.92 Å². The molecule has 0 saturated carbocycles. The molecular weight excluding hydrogens is 416 g/mol. The lowest BCUT2D eigenvalue weighted by Crippen LogP contribution is -2.36. The monoisotopic (exact) mass is 444 g/mol. The Hall–Kier alpha value is -3.81. The number of rotatable bonds is 5. The van der Waals surface area contributed by atoms with Crippen molar-refractivity contribution in [2.45, 2.75) is 33.1 Å². The normalized spacial score (nSPS) is 14.2. The summed E-state index contributed by atoms with van der Waals surface area (Å²) in [7, 11) is 3.70. The minimum Gasteiger partial charge on any atom is -0.347 e. The second kappa shape index (κ2) is 8.27. The van der Waals surface area contributed by atoms with Crippen LogP contribution < -0.4 is 15.1 Å². The van der Waals surface area contributed by atoms with Crippen LogP contribution in [0.3, 0.4) is 0 Å². The highest BCUT2D eigenvalue weighted by molar-refractivity contribution is 6.11. The van der Waals surface area contributed by atoms with Crippen molar-refractivity contribution in [1.29, 1.82) is 0 Å². The van der Waals surface area contributed by atoms with Crippen molar-refractivity contribution in [3.63, 3.8) is 0 Å². The van der Waals surface area contributed by atoms with Crippen molar-refractivity contribution in [3.8, 4) is 11.3 Å². The van der Waals surface area contributed by atoms with Gasteiger partial charge in [-0.05, 0) is 63.1 Å². The maximum absolute atomic E-state index is 13.3. The molecule has 0 fully saturated rings. The summed E-state index contributed by atoms with van der Waals surface area (Å²) in [5.74, 6) is 0.256. The number of aryl methyl sites for hydroxylation is 1. The molecule has 0 aliphatic carbocycles. The van der Waals surface area contributed by atoms with Gasteiger partial charge in [-0.25, -0.2) is 9.97 Å². The van der Waals surface area contributed by atoms with Crippen LogP contribution in [0.4, 0.5) is 17.3 Å². The molecule has 1 N–H and O–H groups in total. The number of benzene rings is 1. The average Bonchev–Trinajstić information content (AvgIpc) is 2.99. The minimum atomic E-state index is -0.657. The number of fused-ring (bicyclic) bond motifs is 1. The van der Waals surface area contributed by atoms with Crippen LogP contribution in [-0.2, 0) is 10.2 Å². The van der Waals surface area contributed by atoms with Crippen molar-refractivity contribution in [1.82, 2.24) is 15.0 Å². The van der Waals surface area contributed by atoms with E-state index in [9.17, 15) is 9.59 Å². The zero-order valence-corrected chi connectivity index (χ0v) is 19.8. The molecule has 1 aliphatic rings. The van der Waals surface area contributed by atoms with Crippen LogP contribution in [0.2, 0.25) is 0 Å². The summed E-state index contributed by atoms with van der Waals surface area (Å²) in [6.45, 7) is 8.38. The average molecular weight is 445 g/mol. The summed E-state index contributed by atoms with van der Waals surface area (Å²) >= 11 is 0. The van der Waals surface area contributed by atoms with Crippen molar-refractivity contribution < 1.29 is 9.59 Å². The number of aromatic nitrogens is 3. The Morgan fingerprint density at radius 2 is 1.88 bits per heavy atom. The molecule has 0 atom stereocenters. The Morgan fingerprint density at radius 3 is 2.52 bits per heavy atom. The summed E-state index contributed by atoms with van der Waals surface area (Å²) in [4.78, 5) is 42.9. The van der Waals surface area contributed by atoms with Gasteiger partial charge < -0.3 is 15.1 Å². The zero-order valence-electron chi connectivity index (χ0n) is 19.8. The van der Waals surface area contributed by atoms with E-state index in [-0.39, 0.29) is 11.8 Å². The highest BCUT2D eigenvalue weighted by Gasteiger charge is 2.44. The van der Waals surface area contributed by atoms with Gasteiger partial charge in [0.05, 0.1) is 22.4 Å². The maximum atomic E-state index is 13.3. The first kappa shape index (κ1) is 22.4. The van der Waals surface area contributed by atoms with Gasteiger partial charge in [-0.2, -0.15) is 0 Å².